The maximum Gasteiger partial charge on any atom is 0.257 e. The zero-order valence-corrected chi connectivity index (χ0v) is 25.1. The largest absolute Gasteiger partial charge is 0.312 e. The third-order valence-electron chi connectivity index (χ3n) is 7.66. The predicted octanol–water partition coefficient (Wildman–Crippen LogP) is 9.77. The fourth-order valence-corrected chi connectivity index (χ4v) is 6.29. The summed E-state index contributed by atoms with van der Waals surface area (Å²) in [6, 6.07) is 28.8. The summed E-state index contributed by atoms with van der Waals surface area (Å²) >= 11 is 1.44. The van der Waals surface area contributed by atoms with E-state index in [4.69, 9.17) is 4.98 Å². The summed E-state index contributed by atoms with van der Waals surface area (Å²) in [7, 11) is 0. The normalized spacial score (nSPS) is 11.9. The van der Waals surface area contributed by atoms with Crippen LogP contribution in [0.2, 0.25) is 0 Å². The van der Waals surface area contributed by atoms with Crippen LogP contribution in [0.5, 0.6) is 0 Å². The number of nitriles is 1. The van der Waals surface area contributed by atoms with E-state index >= 15 is 0 Å². The van der Waals surface area contributed by atoms with Crippen LogP contribution >= 0.6 is 11.3 Å². The van der Waals surface area contributed by atoms with E-state index in [9.17, 15) is 10.1 Å². The van der Waals surface area contributed by atoms with Gasteiger partial charge >= 0.3 is 0 Å². The number of amides is 1. The highest BCUT2D eigenvalue weighted by atomic mass is 32.1. The van der Waals surface area contributed by atoms with Gasteiger partial charge in [-0.1, -0.05) is 94.4 Å². The maximum atomic E-state index is 13.8. The van der Waals surface area contributed by atoms with Crippen molar-refractivity contribution in [3.63, 3.8) is 0 Å². The quantitative estimate of drug-likeness (QED) is 0.206. The van der Waals surface area contributed by atoms with Crippen molar-refractivity contribution in [2.24, 2.45) is 5.92 Å². The second-order valence-electron chi connectivity index (χ2n) is 11.1. The Morgan fingerprint density at radius 3 is 2.32 bits per heavy atom. The SMILES string of the molecule is CC[C@@H](C)c1ccc(-c2c(C)sc(NC(=O)c3cc(-c4ccc(CC(C)C)cc4)nc4ccccc34)c2C#N)cc1. The molecule has 5 aromatic rings. The van der Waals surface area contributed by atoms with Crippen LogP contribution in [0.1, 0.15) is 72.0 Å². The highest BCUT2D eigenvalue weighted by Crippen LogP contribution is 2.40. The number of nitrogens with zero attached hydrogens (tertiary/aromatic N) is 2. The minimum atomic E-state index is -0.252. The lowest BCUT2D eigenvalue weighted by Crippen LogP contribution is -2.13. The molecule has 0 aliphatic rings. The van der Waals surface area contributed by atoms with Gasteiger partial charge in [-0.25, -0.2) is 4.98 Å². The molecule has 0 unspecified atom stereocenters. The summed E-state index contributed by atoms with van der Waals surface area (Å²) in [5.41, 5.74) is 7.93. The first-order valence-electron chi connectivity index (χ1n) is 14.2. The molecule has 0 spiro atoms. The predicted molar refractivity (Wildman–Crippen MR) is 172 cm³/mol. The minimum absolute atomic E-state index is 0.252. The Morgan fingerprint density at radius 2 is 1.66 bits per heavy atom. The highest BCUT2D eigenvalue weighted by molar-refractivity contribution is 7.17. The van der Waals surface area contributed by atoms with Gasteiger partial charge in [-0.3, -0.25) is 4.79 Å². The van der Waals surface area contributed by atoms with Crippen molar-refractivity contribution in [1.82, 2.24) is 4.98 Å². The molecule has 0 aliphatic carbocycles. The molecule has 5 rings (SSSR count). The van der Waals surface area contributed by atoms with Crippen molar-refractivity contribution in [2.45, 2.75) is 53.4 Å². The number of anilines is 1. The fraction of sp³-hybridized carbons (Fsp3) is 0.250. The molecule has 0 saturated carbocycles. The van der Waals surface area contributed by atoms with Gasteiger partial charge < -0.3 is 5.32 Å². The van der Waals surface area contributed by atoms with E-state index in [0.29, 0.717) is 28.0 Å². The number of rotatable bonds is 8. The van der Waals surface area contributed by atoms with Crippen LogP contribution in [0, 0.1) is 24.2 Å². The van der Waals surface area contributed by atoms with Crippen LogP contribution in [-0.4, -0.2) is 10.9 Å². The van der Waals surface area contributed by atoms with E-state index in [-0.39, 0.29) is 5.91 Å². The zero-order chi connectivity index (χ0) is 29.1. The van der Waals surface area contributed by atoms with Crippen LogP contribution in [0.3, 0.4) is 0 Å². The molecular weight excluding hydrogens is 522 g/mol. The lowest BCUT2D eigenvalue weighted by atomic mass is 9.95. The molecule has 0 fully saturated rings. The Morgan fingerprint density at radius 1 is 0.976 bits per heavy atom. The first-order valence-corrected chi connectivity index (χ1v) is 15.0. The molecule has 41 heavy (non-hydrogen) atoms. The number of para-hydroxylation sites is 1. The Labute approximate surface area is 246 Å². The monoisotopic (exact) mass is 557 g/mol. The first-order chi connectivity index (χ1) is 19.8. The number of carbonyl (C=O) groups excluding carboxylic acids is 1. The van der Waals surface area contributed by atoms with Gasteiger partial charge in [0.25, 0.3) is 5.91 Å². The Balaban J connectivity index is 1.50. The van der Waals surface area contributed by atoms with E-state index in [2.05, 4.69) is 87.6 Å². The number of pyridine rings is 1. The molecule has 1 N–H and O–H groups in total. The van der Waals surface area contributed by atoms with Gasteiger partial charge in [0.15, 0.2) is 0 Å². The molecule has 206 valence electrons. The van der Waals surface area contributed by atoms with Gasteiger partial charge in [0.1, 0.15) is 11.1 Å². The van der Waals surface area contributed by atoms with Crippen molar-refractivity contribution >= 4 is 33.1 Å². The fourth-order valence-electron chi connectivity index (χ4n) is 5.27. The highest BCUT2D eigenvalue weighted by Gasteiger charge is 2.21. The molecule has 3 aromatic carbocycles. The van der Waals surface area contributed by atoms with Crippen molar-refractivity contribution in [3.05, 3.63) is 106 Å². The molecule has 1 amide bonds. The van der Waals surface area contributed by atoms with Crippen molar-refractivity contribution in [3.8, 4) is 28.5 Å². The standard InChI is InChI=1S/C36H35N3OS/c1-6-23(4)26-15-17-28(18-16-26)34-24(5)41-36(31(34)21-37)39-35(40)30-20-33(38-32-10-8-7-9-29(30)32)27-13-11-25(12-14-27)19-22(2)3/h7-18,20,22-23H,6,19H2,1-5H3,(H,39,40)/t23-/m1/s1. The van der Waals surface area contributed by atoms with Gasteiger partial charge in [0.05, 0.1) is 22.3 Å². The number of hydrogen-bond donors (Lipinski definition) is 1. The second-order valence-corrected chi connectivity index (χ2v) is 12.3. The molecule has 5 heteroatoms. The number of fused-ring (bicyclic) bond motifs is 1. The van der Waals surface area contributed by atoms with E-state index in [1.165, 1.54) is 22.5 Å². The van der Waals surface area contributed by atoms with Crippen molar-refractivity contribution in [1.29, 1.82) is 5.26 Å². The summed E-state index contributed by atoms with van der Waals surface area (Å²) in [6.45, 7) is 10.8. The van der Waals surface area contributed by atoms with Crippen LogP contribution in [0.25, 0.3) is 33.3 Å². The number of nitrogens with one attached hydrogen (secondary N) is 1. The molecule has 2 aromatic heterocycles. The van der Waals surface area contributed by atoms with Gasteiger partial charge in [0, 0.05) is 21.4 Å². The van der Waals surface area contributed by atoms with Crippen LogP contribution in [0.15, 0.2) is 78.9 Å². The number of hydrogen-bond acceptors (Lipinski definition) is 4. The second kappa shape index (κ2) is 12.1. The number of carbonyl (C=O) groups is 1. The van der Waals surface area contributed by atoms with E-state index in [1.807, 2.05) is 37.3 Å². The number of benzene rings is 3. The third kappa shape index (κ3) is 5.94. The molecule has 2 heterocycles. The summed E-state index contributed by atoms with van der Waals surface area (Å²) < 4.78 is 0. The maximum absolute atomic E-state index is 13.8. The number of thiophene rings is 1. The van der Waals surface area contributed by atoms with Gasteiger partial charge in [-0.2, -0.15) is 5.26 Å². The van der Waals surface area contributed by atoms with Gasteiger partial charge in [0.2, 0.25) is 0 Å². The van der Waals surface area contributed by atoms with Crippen molar-refractivity contribution in [2.75, 3.05) is 5.32 Å². The molecule has 0 bridgehead atoms. The minimum Gasteiger partial charge on any atom is -0.312 e. The molecule has 0 aliphatic heterocycles. The zero-order valence-electron chi connectivity index (χ0n) is 24.3. The Kier molecular flexibility index (Phi) is 8.33. The number of aromatic nitrogens is 1. The van der Waals surface area contributed by atoms with Crippen LogP contribution in [0.4, 0.5) is 5.00 Å². The topological polar surface area (TPSA) is 65.8 Å². The van der Waals surface area contributed by atoms with Gasteiger partial charge in [-0.15, -0.1) is 11.3 Å². The summed E-state index contributed by atoms with van der Waals surface area (Å²) in [5.74, 6) is 0.812. The summed E-state index contributed by atoms with van der Waals surface area (Å²) in [6.07, 6.45) is 2.09. The van der Waals surface area contributed by atoms with Gasteiger partial charge in [-0.05, 0) is 60.4 Å². The smallest absolute Gasteiger partial charge is 0.257 e. The lowest BCUT2D eigenvalue weighted by Gasteiger charge is -2.11. The Bertz CT molecular complexity index is 1740. The van der Waals surface area contributed by atoms with E-state index in [1.54, 1.807) is 0 Å². The average molecular weight is 558 g/mol. The number of aryl methyl sites for hydroxylation is 1. The summed E-state index contributed by atoms with van der Waals surface area (Å²) in [4.78, 5) is 19.7. The molecule has 4 nitrogen and oxygen atoms in total. The van der Waals surface area contributed by atoms with Crippen LogP contribution in [-0.2, 0) is 6.42 Å². The lowest BCUT2D eigenvalue weighted by molar-refractivity contribution is 0.102. The van der Waals surface area contributed by atoms with E-state index < -0.39 is 0 Å². The summed E-state index contributed by atoms with van der Waals surface area (Å²) in [5, 5.41) is 14.6. The molecule has 1 atom stereocenters. The molecule has 0 saturated heterocycles. The Hall–Kier alpha value is -4.27. The third-order valence-corrected chi connectivity index (χ3v) is 8.68. The van der Waals surface area contributed by atoms with Crippen molar-refractivity contribution < 1.29 is 4.79 Å². The average Bonchev–Trinajstić information content (AvgIpc) is 3.30. The van der Waals surface area contributed by atoms with E-state index in [0.717, 1.165) is 51.0 Å². The first kappa shape index (κ1) is 28.3. The molecular formula is C36H35N3OS. The van der Waals surface area contributed by atoms with Crippen LogP contribution < -0.4 is 5.32 Å². The molecule has 0 radical (unpaired) electrons.